The molecule has 3 aromatic carbocycles. The van der Waals surface area contributed by atoms with Crippen molar-refractivity contribution in [1.82, 2.24) is 4.98 Å². The molecule has 0 aliphatic heterocycles. The Bertz CT molecular complexity index is 1240. The lowest BCUT2D eigenvalue weighted by Gasteiger charge is -2.05. The van der Waals surface area contributed by atoms with Gasteiger partial charge in [0.2, 0.25) is 5.91 Å². The number of rotatable bonds is 6. The number of nitrogens with one attached hydrogen (secondary N) is 2. The molecule has 0 spiro atoms. The molecule has 0 bridgehead atoms. The van der Waals surface area contributed by atoms with Crippen LogP contribution in [0.2, 0.25) is 5.02 Å². The molecule has 5 nitrogen and oxygen atoms in total. The van der Waals surface area contributed by atoms with E-state index in [0.29, 0.717) is 22.0 Å². The van der Waals surface area contributed by atoms with Crippen molar-refractivity contribution < 1.29 is 14.0 Å². The van der Waals surface area contributed by atoms with Crippen molar-refractivity contribution in [3.05, 3.63) is 83.1 Å². The number of hydrogen-bond donors (Lipinski definition) is 2. The number of carbonyl (C=O) groups excluding carboxylic acids is 2. The van der Waals surface area contributed by atoms with E-state index in [1.54, 1.807) is 30.3 Å². The third-order valence-corrected chi connectivity index (χ3v) is 6.60. The Morgan fingerprint density at radius 3 is 2.42 bits per heavy atom. The molecule has 2 amide bonds. The van der Waals surface area contributed by atoms with Gasteiger partial charge in [0.05, 0.1) is 16.0 Å². The molecule has 4 aromatic rings. The van der Waals surface area contributed by atoms with E-state index in [0.717, 1.165) is 14.6 Å². The molecular formula is C22H15ClFN3O2S2. The third kappa shape index (κ3) is 5.61. The minimum Gasteiger partial charge on any atom is -0.325 e. The number of hydrogen-bond acceptors (Lipinski definition) is 5. The Labute approximate surface area is 190 Å². The van der Waals surface area contributed by atoms with E-state index in [2.05, 4.69) is 15.6 Å². The Balaban J connectivity index is 1.38. The Kier molecular flexibility index (Phi) is 6.50. The molecule has 2 N–H and O–H groups in total. The van der Waals surface area contributed by atoms with Crippen molar-refractivity contribution in [3.63, 3.8) is 0 Å². The second-order valence-electron chi connectivity index (χ2n) is 6.47. The highest BCUT2D eigenvalue weighted by Gasteiger charge is 2.11. The summed E-state index contributed by atoms with van der Waals surface area (Å²) in [6.45, 7) is 0. The molecule has 9 heteroatoms. The number of benzene rings is 3. The van der Waals surface area contributed by atoms with E-state index in [9.17, 15) is 14.0 Å². The first kappa shape index (κ1) is 21.3. The van der Waals surface area contributed by atoms with Crippen LogP contribution < -0.4 is 10.6 Å². The largest absolute Gasteiger partial charge is 0.325 e. The molecule has 156 valence electrons. The highest BCUT2D eigenvalue weighted by molar-refractivity contribution is 8.01. The van der Waals surface area contributed by atoms with Gasteiger partial charge in [-0.3, -0.25) is 9.59 Å². The first-order valence-corrected chi connectivity index (χ1v) is 11.3. The predicted octanol–water partition coefficient (Wildman–Crippen LogP) is 6.07. The van der Waals surface area contributed by atoms with Crippen LogP contribution in [0.4, 0.5) is 15.8 Å². The summed E-state index contributed by atoms with van der Waals surface area (Å²) in [5.41, 5.74) is 2.45. The first-order valence-electron chi connectivity index (χ1n) is 9.12. The summed E-state index contributed by atoms with van der Waals surface area (Å²) in [5, 5.41) is 6.21. The van der Waals surface area contributed by atoms with Crippen molar-refractivity contribution in [1.29, 1.82) is 0 Å². The van der Waals surface area contributed by atoms with Crippen molar-refractivity contribution in [2.24, 2.45) is 0 Å². The maximum absolute atomic E-state index is 13.0. The standard InChI is InChI=1S/C22H15ClFN3O2S2/c23-14-3-7-16(8-4-14)25-20(28)12-30-22-27-18-10-9-17(11-19(18)31-22)26-21(29)13-1-5-15(24)6-2-13/h1-11H,12H2,(H,25,28)(H,26,29). The molecule has 0 aliphatic carbocycles. The van der Waals surface area contributed by atoms with Crippen molar-refractivity contribution in [2.45, 2.75) is 4.34 Å². The van der Waals surface area contributed by atoms with Crippen LogP contribution in [0.3, 0.4) is 0 Å². The van der Waals surface area contributed by atoms with Gasteiger partial charge in [-0.1, -0.05) is 23.4 Å². The summed E-state index contributed by atoms with van der Waals surface area (Å²) >= 11 is 8.62. The Morgan fingerprint density at radius 2 is 1.68 bits per heavy atom. The number of nitrogens with zero attached hydrogens (tertiary/aromatic N) is 1. The van der Waals surface area contributed by atoms with Gasteiger partial charge in [0, 0.05) is 22.0 Å². The molecule has 0 fully saturated rings. The summed E-state index contributed by atoms with van der Waals surface area (Å²) in [7, 11) is 0. The summed E-state index contributed by atoms with van der Waals surface area (Å²) in [6, 6.07) is 17.6. The van der Waals surface area contributed by atoms with Crippen LogP contribution in [0.25, 0.3) is 10.2 Å². The number of aromatic nitrogens is 1. The lowest BCUT2D eigenvalue weighted by Crippen LogP contribution is -2.13. The van der Waals surface area contributed by atoms with E-state index < -0.39 is 5.82 Å². The van der Waals surface area contributed by atoms with Gasteiger partial charge < -0.3 is 10.6 Å². The average molecular weight is 472 g/mol. The summed E-state index contributed by atoms with van der Waals surface area (Å²) in [4.78, 5) is 29.0. The fourth-order valence-electron chi connectivity index (χ4n) is 2.71. The van der Waals surface area contributed by atoms with Gasteiger partial charge in [0.15, 0.2) is 4.34 Å². The Morgan fingerprint density at radius 1 is 0.968 bits per heavy atom. The van der Waals surface area contributed by atoms with Crippen LogP contribution in [-0.2, 0) is 4.79 Å². The van der Waals surface area contributed by atoms with Gasteiger partial charge in [-0.15, -0.1) is 11.3 Å². The zero-order valence-electron chi connectivity index (χ0n) is 15.9. The second-order valence-corrected chi connectivity index (χ2v) is 9.16. The van der Waals surface area contributed by atoms with Gasteiger partial charge in [0.1, 0.15) is 5.82 Å². The smallest absolute Gasteiger partial charge is 0.255 e. The highest BCUT2D eigenvalue weighted by Crippen LogP contribution is 2.31. The lowest BCUT2D eigenvalue weighted by atomic mass is 10.2. The zero-order valence-corrected chi connectivity index (χ0v) is 18.3. The molecule has 4 rings (SSSR count). The summed E-state index contributed by atoms with van der Waals surface area (Å²) in [6.07, 6.45) is 0. The molecule has 0 saturated carbocycles. The normalized spacial score (nSPS) is 10.8. The number of thiazole rings is 1. The zero-order chi connectivity index (χ0) is 21.8. The van der Waals surface area contributed by atoms with Crippen LogP contribution in [0, 0.1) is 5.82 Å². The number of thioether (sulfide) groups is 1. The first-order chi connectivity index (χ1) is 15.0. The molecule has 0 saturated heterocycles. The minimum atomic E-state index is -0.394. The summed E-state index contributed by atoms with van der Waals surface area (Å²) < 4.78 is 14.7. The van der Waals surface area contributed by atoms with Crippen LogP contribution in [0.15, 0.2) is 71.1 Å². The van der Waals surface area contributed by atoms with Gasteiger partial charge >= 0.3 is 0 Å². The third-order valence-electron chi connectivity index (χ3n) is 4.19. The van der Waals surface area contributed by atoms with E-state index in [4.69, 9.17) is 11.6 Å². The van der Waals surface area contributed by atoms with Gasteiger partial charge in [-0.25, -0.2) is 9.37 Å². The van der Waals surface area contributed by atoms with Gasteiger partial charge in [-0.05, 0) is 66.7 Å². The van der Waals surface area contributed by atoms with Crippen molar-refractivity contribution in [2.75, 3.05) is 16.4 Å². The predicted molar refractivity (Wildman–Crippen MR) is 125 cm³/mol. The maximum Gasteiger partial charge on any atom is 0.255 e. The molecule has 0 atom stereocenters. The van der Waals surface area contributed by atoms with Gasteiger partial charge in [-0.2, -0.15) is 0 Å². The SMILES string of the molecule is O=C(CSc1nc2ccc(NC(=O)c3ccc(F)cc3)cc2s1)Nc1ccc(Cl)cc1. The number of amides is 2. The second kappa shape index (κ2) is 9.47. The molecule has 1 aromatic heterocycles. The molecule has 0 unspecified atom stereocenters. The fourth-order valence-corrected chi connectivity index (χ4v) is 4.74. The molecule has 0 aliphatic rings. The summed E-state index contributed by atoms with van der Waals surface area (Å²) in [5.74, 6) is -0.637. The van der Waals surface area contributed by atoms with Crippen LogP contribution in [0.1, 0.15) is 10.4 Å². The van der Waals surface area contributed by atoms with E-state index in [1.165, 1.54) is 47.4 Å². The monoisotopic (exact) mass is 471 g/mol. The Hall–Kier alpha value is -2.94. The van der Waals surface area contributed by atoms with Crippen LogP contribution in [0.5, 0.6) is 0 Å². The lowest BCUT2D eigenvalue weighted by molar-refractivity contribution is -0.113. The van der Waals surface area contributed by atoms with E-state index in [1.807, 2.05) is 12.1 Å². The number of carbonyl (C=O) groups is 2. The van der Waals surface area contributed by atoms with Crippen molar-refractivity contribution in [3.8, 4) is 0 Å². The van der Waals surface area contributed by atoms with E-state index >= 15 is 0 Å². The number of fused-ring (bicyclic) bond motifs is 1. The maximum atomic E-state index is 13.0. The average Bonchev–Trinajstić information content (AvgIpc) is 3.16. The topological polar surface area (TPSA) is 71.1 Å². The molecule has 0 radical (unpaired) electrons. The number of halogens is 2. The van der Waals surface area contributed by atoms with Crippen LogP contribution in [-0.4, -0.2) is 22.6 Å². The molecular weight excluding hydrogens is 457 g/mol. The van der Waals surface area contributed by atoms with Gasteiger partial charge in [0.25, 0.3) is 5.91 Å². The fraction of sp³-hybridized carbons (Fsp3) is 0.0455. The number of anilines is 2. The molecule has 1 heterocycles. The van der Waals surface area contributed by atoms with E-state index in [-0.39, 0.29) is 17.6 Å². The van der Waals surface area contributed by atoms with Crippen LogP contribution >= 0.6 is 34.7 Å². The quantitative estimate of drug-likeness (QED) is 0.335. The molecule has 31 heavy (non-hydrogen) atoms. The highest BCUT2D eigenvalue weighted by atomic mass is 35.5. The minimum absolute atomic E-state index is 0.140. The van der Waals surface area contributed by atoms with Crippen molar-refractivity contribution >= 4 is 68.1 Å².